The van der Waals surface area contributed by atoms with Crippen LogP contribution in [-0.2, 0) is 4.79 Å². The molecule has 2 heteroatoms. The van der Waals surface area contributed by atoms with Gasteiger partial charge in [-0.1, -0.05) is 64.4 Å². The van der Waals surface area contributed by atoms with Crippen LogP contribution in [0.15, 0.2) is 12.7 Å². The third kappa shape index (κ3) is 8.51. The van der Waals surface area contributed by atoms with Crippen LogP contribution in [-0.4, -0.2) is 5.91 Å². The van der Waals surface area contributed by atoms with Gasteiger partial charge in [0.05, 0.1) is 5.92 Å². The fourth-order valence-electron chi connectivity index (χ4n) is 1.87. The molecule has 1 unspecified atom stereocenters. The van der Waals surface area contributed by atoms with Gasteiger partial charge >= 0.3 is 0 Å². The van der Waals surface area contributed by atoms with Gasteiger partial charge in [0, 0.05) is 0 Å². The third-order valence-corrected chi connectivity index (χ3v) is 3.02. The first-order valence-electron chi connectivity index (χ1n) is 6.64. The Morgan fingerprint density at radius 3 is 2.06 bits per heavy atom. The van der Waals surface area contributed by atoms with Crippen LogP contribution in [0.5, 0.6) is 0 Å². The van der Waals surface area contributed by atoms with Crippen LogP contribution in [0.2, 0.25) is 0 Å². The van der Waals surface area contributed by atoms with Crippen LogP contribution in [0, 0.1) is 5.92 Å². The lowest BCUT2D eigenvalue weighted by Crippen LogP contribution is -2.21. The molecule has 1 amide bonds. The molecule has 0 fully saturated rings. The summed E-state index contributed by atoms with van der Waals surface area (Å²) in [5.74, 6) is -0.363. The summed E-state index contributed by atoms with van der Waals surface area (Å²) in [7, 11) is 0. The van der Waals surface area contributed by atoms with Crippen LogP contribution in [0.3, 0.4) is 0 Å². The van der Waals surface area contributed by atoms with Gasteiger partial charge < -0.3 is 5.73 Å². The van der Waals surface area contributed by atoms with Gasteiger partial charge in [0.2, 0.25) is 5.91 Å². The predicted octanol–water partition coefficient (Wildman–Crippen LogP) is 3.80. The summed E-state index contributed by atoms with van der Waals surface area (Å²) in [6.45, 7) is 5.87. The maximum absolute atomic E-state index is 10.9. The molecule has 0 spiro atoms. The molecule has 0 aliphatic rings. The highest BCUT2D eigenvalue weighted by Crippen LogP contribution is 2.13. The van der Waals surface area contributed by atoms with E-state index in [1.807, 2.05) is 0 Å². The molecular weight excluding hydrogens is 198 g/mol. The van der Waals surface area contributed by atoms with Gasteiger partial charge in [-0.3, -0.25) is 4.79 Å². The number of amides is 1. The monoisotopic (exact) mass is 225 g/mol. The van der Waals surface area contributed by atoms with Crippen molar-refractivity contribution in [2.75, 3.05) is 0 Å². The van der Waals surface area contributed by atoms with E-state index in [4.69, 9.17) is 5.73 Å². The maximum atomic E-state index is 10.9. The van der Waals surface area contributed by atoms with E-state index in [0.29, 0.717) is 0 Å². The van der Waals surface area contributed by atoms with Gasteiger partial charge in [0.15, 0.2) is 0 Å². The average molecular weight is 225 g/mol. The van der Waals surface area contributed by atoms with Gasteiger partial charge in [-0.25, -0.2) is 0 Å². The fourth-order valence-corrected chi connectivity index (χ4v) is 1.87. The van der Waals surface area contributed by atoms with E-state index in [0.717, 1.165) is 12.8 Å². The molecule has 0 aromatic heterocycles. The summed E-state index contributed by atoms with van der Waals surface area (Å²) in [4.78, 5) is 10.9. The SMILES string of the molecule is C=CC(CCCCCCCCCC)C(N)=O. The van der Waals surface area contributed by atoms with E-state index in [9.17, 15) is 4.79 Å². The number of carbonyl (C=O) groups excluding carboxylic acids is 1. The molecule has 0 saturated carbocycles. The minimum absolute atomic E-state index is 0.125. The molecule has 2 nitrogen and oxygen atoms in total. The summed E-state index contributed by atoms with van der Waals surface area (Å²) in [6, 6.07) is 0. The minimum atomic E-state index is -0.238. The lowest BCUT2D eigenvalue weighted by atomic mass is 9.99. The molecule has 0 heterocycles. The first kappa shape index (κ1) is 15.2. The van der Waals surface area contributed by atoms with Crippen LogP contribution in [0.1, 0.15) is 64.7 Å². The number of rotatable bonds is 11. The Bertz CT molecular complexity index is 189. The summed E-state index contributed by atoms with van der Waals surface area (Å²) in [6.07, 6.45) is 12.8. The fraction of sp³-hybridized carbons (Fsp3) is 0.786. The molecule has 0 aromatic carbocycles. The lowest BCUT2D eigenvalue weighted by Gasteiger charge is -2.07. The summed E-state index contributed by atoms with van der Waals surface area (Å²) in [5.41, 5.74) is 5.23. The Labute approximate surface area is 100 Å². The molecule has 0 rings (SSSR count). The number of unbranched alkanes of at least 4 members (excludes halogenated alkanes) is 7. The van der Waals surface area contributed by atoms with E-state index in [1.165, 1.54) is 44.9 Å². The molecule has 0 aliphatic heterocycles. The predicted molar refractivity (Wildman–Crippen MR) is 70.1 cm³/mol. The zero-order chi connectivity index (χ0) is 12.2. The Morgan fingerprint density at radius 1 is 1.12 bits per heavy atom. The summed E-state index contributed by atoms with van der Waals surface area (Å²) in [5, 5.41) is 0. The number of hydrogen-bond donors (Lipinski definition) is 1. The molecule has 2 N–H and O–H groups in total. The molecule has 0 aromatic rings. The second kappa shape index (κ2) is 10.7. The minimum Gasteiger partial charge on any atom is -0.369 e. The third-order valence-electron chi connectivity index (χ3n) is 3.02. The Hall–Kier alpha value is -0.790. The molecule has 0 radical (unpaired) electrons. The highest BCUT2D eigenvalue weighted by molar-refractivity contribution is 5.78. The van der Waals surface area contributed by atoms with E-state index >= 15 is 0 Å². The highest BCUT2D eigenvalue weighted by atomic mass is 16.1. The van der Waals surface area contributed by atoms with Crippen molar-refractivity contribution in [3.8, 4) is 0 Å². The Balaban J connectivity index is 3.26. The van der Waals surface area contributed by atoms with Crippen molar-refractivity contribution >= 4 is 5.91 Å². The molecule has 0 aliphatic carbocycles. The van der Waals surface area contributed by atoms with E-state index in [2.05, 4.69) is 13.5 Å². The second-order valence-electron chi connectivity index (χ2n) is 4.51. The number of carbonyl (C=O) groups is 1. The highest BCUT2D eigenvalue weighted by Gasteiger charge is 2.09. The standard InChI is InChI=1S/C14H27NO/c1-3-5-6-7-8-9-10-11-12-13(4-2)14(15)16/h4,13H,2-3,5-12H2,1H3,(H2,15,16). The van der Waals surface area contributed by atoms with Crippen LogP contribution in [0.25, 0.3) is 0 Å². The smallest absolute Gasteiger partial charge is 0.224 e. The van der Waals surface area contributed by atoms with E-state index in [1.54, 1.807) is 6.08 Å². The topological polar surface area (TPSA) is 43.1 Å². The van der Waals surface area contributed by atoms with Crippen molar-refractivity contribution < 1.29 is 4.79 Å². The van der Waals surface area contributed by atoms with Crippen molar-refractivity contribution in [3.63, 3.8) is 0 Å². The first-order chi connectivity index (χ1) is 7.72. The normalized spacial score (nSPS) is 12.3. The van der Waals surface area contributed by atoms with Crippen LogP contribution >= 0.6 is 0 Å². The van der Waals surface area contributed by atoms with Crippen molar-refractivity contribution in [1.29, 1.82) is 0 Å². The molecule has 16 heavy (non-hydrogen) atoms. The van der Waals surface area contributed by atoms with Crippen LogP contribution < -0.4 is 5.73 Å². The quantitative estimate of drug-likeness (QED) is 0.422. The molecular formula is C14H27NO. The average Bonchev–Trinajstić information content (AvgIpc) is 2.26. The summed E-state index contributed by atoms with van der Waals surface area (Å²) < 4.78 is 0. The molecule has 1 atom stereocenters. The van der Waals surface area contributed by atoms with E-state index in [-0.39, 0.29) is 11.8 Å². The van der Waals surface area contributed by atoms with Crippen molar-refractivity contribution in [2.24, 2.45) is 11.7 Å². The maximum Gasteiger partial charge on any atom is 0.224 e. The van der Waals surface area contributed by atoms with Crippen molar-refractivity contribution in [1.82, 2.24) is 0 Å². The second-order valence-corrected chi connectivity index (χ2v) is 4.51. The number of hydrogen-bond acceptors (Lipinski definition) is 1. The Kier molecular flexibility index (Phi) is 10.2. The van der Waals surface area contributed by atoms with Crippen molar-refractivity contribution in [3.05, 3.63) is 12.7 Å². The zero-order valence-corrected chi connectivity index (χ0v) is 10.7. The number of nitrogens with two attached hydrogens (primary N) is 1. The van der Waals surface area contributed by atoms with Gasteiger partial charge in [0.1, 0.15) is 0 Å². The lowest BCUT2D eigenvalue weighted by molar-refractivity contribution is -0.120. The van der Waals surface area contributed by atoms with Gasteiger partial charge in [0.25, 0.3) is 0 Å². The molecule has 0 saturated heterocycles. The van der Waals surface area contributed by atoms with Crippen molar-refractivity contribution in [2.45, 2.75) is 64.7 Å². The van der Waals surface area contributed by atoms with Gasteiger partial charge in [-0.2, -0.15) is 0 Å². The van der Waals surface area contributed by atoms with Gasteiger partial charge in [-0.05, 0) is 6.42 Å². The van der Waals surface area contributed by atoms with Crippen LogP contribution in [0.4, 0.5) is 0 Å². The molecule has 94 valence electrons. The first-order valence-corrected chi connectivity index (χ1v) is 6.64. The van der Waals surface area contributed by atoms with Gasteiger partial charge in [-0.15, -0.1) is 6.58 Å². The Morgan fingerprint density at radius 2 is 1.62 bits per heavy atom. The molecule has 0 bridgehead atoms. The number of primary amides is 1. The zero-order valence-electron chi connectivity index (χ0n) is 10.7. The largest absolute Gasteiger partial charge is 0.369 e. The summed E-state index contributed by atoms with van der Waals surface area (Å²) >= 11 is 0. The van der Waals surface area contributed by atoms with E-state index < -0.39 is 0 Å².